The molecular formula is C29H36N2O6. The summed E-state index contributed by atoms with van der Waals surface area (Å²) in [5.74, 6) is 0.799. The lowest BCUT2D eigenvalue weighted by Gasteiger charge is -2.09. The number of carbonyl (C=O) groups is 2. The summed E-state index contributed by atoms with van der Waals surface area (Å²) in [6, 6.07) is 13.0. The molecule has 0 bridgehead atoms. The first-order valence-corrected chi connectivity index (χ1v) is 12.3. The fourth-order valence-electron chi connectivity index (χ4n) is 2.94. The smallest absolute Gasteiger partial charge is 0.333 e. The summed E-state index contributed by atoms with van der Waals surface area (Å²) in [7, 11) is 0. The number of hydrogen-bond acceptors (Lipinski definition) is 8. The van der Waals surface area contributed by atoms with Gasteiger partial charge in [0.2, 0.25) is 0 Å². The van der Waals surface area contributed by atoms with E-state index in [-0.39, 0.29) is 11.9 Å². The standard InChI is InChI=1S/C29H36N2O6/c1-21(2)28(32)36-18-8-6-16-34-26-13-10-24(11-14-26)30-31-25-12-15-27(23(5)20-25)35-17-7-9-19-37-29(33)22(3)4/h10-15,20H,1,3,6-9,16-19H2,2,4-5H3/b31-30-. The van der Waals surface area contributed by atoms with Gasteiger partial charge in [0.25, 0.3) is 0 Å². The van der Waals surface area contributed by atoms with E-state index in [1.54, 1.807) is 13.8 Å². The van der Waals surface area contributed by atoms with Crippen molar-refractivity contribution in [1.29, 1.82) is 0 Å². The summed E-state index contributed by atoms with van der Waals surface area (Å²) in [6.45, 7) is 14.1. The van der Waals surface area contributed by atoms with Crippen LogP contribution in [-0.4, -0.2) is 38.4 Å². The maximum absolute atomic E-state index is 11.3. The van der Waals surface area contributed by atoms with Crippen LogP contribution in [0.5, 0.6) is 11.5 Å². The van der Waals surface area contributed by atoms with E-state index in [1.807, 2.05) is 49.4 Å². The van der Waals surface area contributed by atoms with Crippen LogP contribution in [0.25, 0.3) is 0 Å². The summed E-state index contributed by atoms with van der Waals surface area (Å²) >= 11 is 0. The molecule has 0 saturated heterocycles. The molecule has 0 N–H and O–H groups in total. The van der Waals surface area contributed by atoms with Crippen molar-refractivity contribution < 1.29 is 28.5 Å². The number of esters is 2. The topological polar surface area (TPSA) is 95.8 Å². The fourth-order valence-corrected chi connectivity index (χ4v) is 2.94. The summed E-state index contributed by atoms with van der Waals surface area (Å²) in [6.07, 6.45) is 2.99. The molecule has 0 atom stereocenters. The Kier molecular flexibility index (Phi) is 12.6. The van der Waals surface area contributed by atoms with Crippen molar-refractivity contribution in [3.8, 4) is 11.5 Å². The van der Waals surface area contributed by atoms with Crippen LogP contribution in [0, 0.1) is 6.92 Å². The van der Waals surface area contributed by atoms with Gasteiger partial charge < -0.3 is 18.9 Å². The number of rotatable bonds is 16. The predicted octanol–water partition coefficient (Wildman–Crippen LogP) is 6.97. The molecule has 0 saturated carbocycles. The molecule has 198 valence electrons. The maximum Gasteiger partial charge on any atom is 0.333 e. The molecule has 0 heterocycles. The zero-order valence-corrected chi connectivity index (χ0v) is 22.0. The molecule has 0 spiro atoms. The number of nitrogens with zero attached hydrogens (tertiary/aromatic N) is 2. The zero-order chi connectivity index (χ0) is 27.0. The second-order valence-electron chi connectivity index (χ2n) is 8.59. The molecule has 2 aromatic rings. The van der Waals surface area contributed by atoms with Crippen molar-refractivity contribution >= 4 is 23.3 Å². The van der Waals surface area contributed by atoms with Crippen LogP contribution in [0.2, 0.25) is 0 Å². The minimum absolute atomic E-state index is 0.356. The number of benzene rings is 2. The molecule has 0 radical (unpaired) electrons. The maximum atomic E-state index is 11.3. The first-order chi connectivity index (χ1) is 17.8. The van der Waals surface area contributed by atoms with Gasteiger partial charge in [0.1, 0.15) is 11.5 Å². The molecule has 0 aliphatic rings. The Morgan fingerprint density at radius 3 is 1.73 bits per heavy atom. The van der Waals surface area contributed by atoms with Gasteiger partial charge in [-0.15, -0.1) is 0 Å². The van der Waals surface area contributed by atoms with Crippen molar-refractivity contribution in [3.05, 3.63) is 72.3 Å². The van der Waals surface area contributed by atoms with Gasteiger partial charge in [0.15, 0.2) is 0 Å². The molecule has 0 unspecified atom stereocenters. The number of ether oxygens (including phenoxy) is 4. The SMILES string of the molecule is C=C(C)C(=O)OCCCCOc1ccc(/N=N\c2ccc(OCCCCOC(=O)C(=C)C)c(C)c2)cc1. The molecule has 0 amide bonds. The molecule has 0 aromatic heterocycles. The fraction of sp³-hybridized carbons (Fsp3) is 0.379. The summed E-state index contributed by atoms with van der Waals surface area (Å²) in [4.78, 5) is 22.7. The highest BCUT2D eigenvalue weighted by atomic mass is 16.5. The van der Waals surface area contributed by atoms with Crippen molar-refractivity contribution in [1.82, 2.24) is 0 Å². The zero-order valence-electron chi connectivity index (χ0n) is 22.0. The lowest BCUT2D eigenvalue weighted by Crippen LogP contribution is -2.07. The second kappa shape index (κ2) is 15.9. The molecular weight excluding hydrogens is 472 g/mol. The van der Waals surface area contributed by atoms with Gasteiger partial charge in [-0.05, 0) is 94.5 Å². The van der Waals surface area contributed by atoms with E-state index in [4.69, 9.17) is 18.9 Å². The van der Waals surface area contributed by atoms with Gasteiger partial charge in [0, 0.05) is 11.1 Å². The van der Waals surface area contributed by atoms with E-state index < -0.39 is 0 Å². The van der Waals surface area contributed by atoms with E-state index in [1.165, 1.54) is 0 Å². The third-order valence-corrected chi connectivity index (χ3v) is 5.04. The molecule has 0 aliphatic carbocycles. The van der Waals surface area contributed by atoms with Gasteiger partial charge in [-0.3, -0.25) is 0 Å². The predicted molar refractivity (Wildman–Crippen MR) is 143 cm³/mol. The van der Waals surface area contributed by atoms with Crippen LogP contribution in [-0.2, 0) is 19.1 Å². The summed E-state index contributed by atoms with van der Waals surface area (Å²) in [5, 5.41) is 8.60. The number of hydrogen-bond donors (Lipinski definition) is 0. The molecule has 37 heavy (non-hydrogen) atoms. The van der Waals surface area contributed by atoms with Gasteiger partial charge >= 0.3 is 11.9 Å². The first-order valence-electron chi connectivity index (χ1n) is 12.3. The average molecular weight is 509 g/mol. The number of azo groups is 1. The lowest BCUT2D eigenvalue weighted by molar-refractivity contribution is -0.139. The summed E-state index contributed by atoms with van der Waals surface area (Å²) < 4.78 is 21.7. The Morgan fingerprint density at radius 2 is 1.19 bits per heavy atom. The van der Waals surface area contributed by atoms with Crippen LogP contribution < -0.4 is 9.47 Å². The van der Waals surface area contributed by atoms with Gasteiger partial charge in [-0.1, -0.05) is 13.2 Å². The molecule has 2 rings (SSSR count). The Balaban J connectivity index is 1.69. The molecule has 8 nitrogen and oxygen atoms in total. The average Bonchev–Trinajstić information content (AvgIpc) is 2.88. The molecule has 8 heteroatoms. The first kappa shape index (κ1) is 29.3. The van der Waals surface area contributed by atoms with Crippen LogP contribution >= 0.6 is 0 Å². The Bertz CT molecular complexity index is 1090. The largest absolute Gasteiger partial charge is 0.494 e. The minimum Gasteiger partial charge on any atom is -0.494 e. The quantitative estimate of drug-likeness (QED) is 0.105. The van der Waals surface area contributed by atoms with Gasteiger partial charge in [0.05, 0.1) is 37.8 Å². The van der Waals surface area contributed by atoms with E-state index in [0.717, 1.165) is 48.4 Å². The number of aryl methyl sites for hydroxylation is 1. The molecule has 0 fully saturated rings. The third-order valence-electron chi connectivity index (χ3n) is 5.04. The monoisotopic (exact) mass is 508 g/mol. The van der Waals surface area contributed by atoms with E-state index in [2.05, 4.69) is 23.4 Å². The highest BCUT2D eigenvalue weighted by Crippen LogP contribution is 2.26. The second-order valence-corrected chi connectivity index (χ2v) is 8.59. The highest BCUT2D eigenvalue weighted by Gasteiger charge is 2.05. The van der Waals surface area contributed by atoms with Gasteiger partial charge in [-0.25, -0.2) is 9.59 Å². The van der Waals surface area contributed by atoms with Crippen molar-refractivity contribution in [3.63, 3.8) is 0 Å². The molecule has 0 aliphatic heterocycles. The van der Waals surface area contributed by atoms with Crippen molar-refractivity contribution in [2.45, 2.75) is 46.5 Å². The Labute approximate surface area is 219 Å². The van der Waals surface area contributed by atoms with Crippen LogP contribution in [0.15, 0.2) is 77.0 Å². The molecule has 2 aromatic carbocycles. The minimum atomic E-state index is -0.363. The van der Waals surface area contributed by atoms with Crippen LogP contribution in [0.1, 0.15) is 45.1 Å². The van der Waals surface area contributed by atoms with E-state index in [9.17, 15) is 9.59 Å². The summed E-state index contributed by atoms with van der Waals surface area (Å²) in [5.41, 5.74) is 3.20. The van der Waals surface area contributed by atoms with Gasteiger partial charge in [-0.2, -0.15) is 10.2 Å². The normalized spacial score (nSPS) is 10.7. The van der Waals surface area contributed by atoms with E-state index >= 15 is 0 Å². The van der Waals surface area contributed by atoms with Crippen LogP contribution in [0.4, 0.5) is 11.4 Å². The van der Waals surface area contributed by atoms with Crippen molar-refractivity contribution in [2.75, 3.05) is 26.4 Å². The van der Waals surface area contributed by atoms with E-state index in [0.29, 0.717) is 43.3 Å². The highest BCUT2D eigenvalue weighted by molar-refractivity contribution is 5.87. The Morgan fingerprint density at radius 1 is 0.703 bits per heavy atom. The Hall–Kier alpha value is -3.94. The number of unbranched alkanes of at least 4 members (excludes halogenated alkanes) is 2. The van der Waals surface area contributed by atoms with Crippen LogP contribution in [0.3, 0.4) is 0 Å². The third kappa shape index (κ3) is 11.6. The lowest BCUT2D eigenvalue weighted by atomic mass is 10.2. The number of carbonyl (C=O) groups excluding carboxylic acids is 2. The van der Waals surface area contributed by atoms with Crippen molar-refractivity contribution in [2.24, 2.45) is 10.2 Å².